The molecule has 2 aromatic carbocycles. The van der Waals surface area contributed by atoms with Gasteiger partial charge in [-0.1, -0.05) is 41.3 Å². The monoisotopic (exact) mass is 427 g/mol. The minimum atomic E-state index is -2.89. The van der Waals surface area contributed by atoms with Crippen LogP contribution in [0.5, 0.6) is 0 Å². The summed E-state index contributed by atoms with van der Waals surface area (Å²) in [5.41, 5.74) is 5.63. The van der Waals surface area contributed by atoms with Crippen LogP contribution in [0.25, 0.3) is 16.5 Å². The fourth-order valence-electron chi connectivity index (χ4n) is 3.71. The maximum Gasteiger partial charge on any atom is 0.270 e. The molecule has 0 saturated carbocycles. The topological polar surface area (TPSA) is 43.3 Å². The van der Waals surface area contributed by atoms with Crippen LogP contribution in [0.1, 0.15) is 40.4 Å². The summed E-state index contributed by atoms with van der Waals surface area (Å²) in [6.07, 6.45) is 5.84. The molecule has 5 aromatic rings. The number of fused-ring (bicyclic) bond motifs is 2. The van der Waals surface area contributed by atoms with Crippen molar-refractivity contribution in [3.8, 4) is 11.8 Å². The minimum absolute atomic E-state index is 0.0138. The number of aromatic nitrogens is 3. The smallest absolute Gasteiger partial charge is 0.270 e. The number of rotatable bonds is 3. The molecule has 0 aliphatic rings. The van der Waals surface area contributed by atoms with Crippen LogP contribution in [0.2, 0.25) is 0 Å². The Morgan fingerprint density at radius 1 is 1.09 bits per heavy atom. The SMILES string of the molecule is Cc1ccc2c(Cc3cccc(C(C)(F)F)c3)noc2c1C#Cc1ccc2cncn2c1. The van der Waals surface area contributed by atoms with Crippen molar-refractivity contribution in [3.63, 3.8) is 0 Å². The average Bonchev–Trinajstić information content (AvgIpc) is 3.39. The average molecular weight is 427 g/mol. The van der Waals surface area contributed by atoms with E-state index in [0.717, 1.165) is 40.1 Å². The highest BCUT2D eigenvalue weighted by molar-refractivity contribution is 5.86. The number of nitrogens with zero attached hydrogens (tertiary/aromatic N) is 3. The first kappa shape index (κ1) is 20.0. The normalized spacial score (nSPS) is 11.6. The second-order valence-electron chi connectivity index (χ2n) is 7.92. The first-order valence-corrected chi connectivity index (χ1v) is 10.2. The molecule has 0 fully saturated rings. The zero-order valence-corrected chi connectivity index (χ0v) is 17.6. The van der Waals surface area contributed by atoms with E-state index in [2.05, 4.69) is 22.0 Å². The Balaban J connectivity index is 1.51. The van der Waals surface area contributed by atoms with E-state index in [0.29, 0.717) is 17.7 Å². The molecule has 0 radical (unpaired) electrons. The third kappa shape index (κ3) is 3.74. The number of aryl methyl sites for hydroxylation is 1. The summed E-state index contributed by atoms with van der Waals surface area (Å²) in [6.45, 7) is 2.87. The lowest BCUT2D eigenvalue weighted by Crippen LogP contribution is -2.07. The lowest BCUT2D eigenvalue weighted by molar-refractivity contribution is 0.0174. The van der Waals surface area contributed by atoms with E-state index in [1.807, 2.05) is 47.9 Å². The summed E-state index contributed by atoms with van der Waals surface area (Å²) >= 11 is 0. The Labute approximate surface area is 183 Å². The first-order valence-electron chi connectivity index (χ1n) is 10.2. The molecule has 0 amide bonds. The van der Waals surface area contributed by atoms with E-state index >= 15 is 0 Å². The fourth-order valence-corrected chi connectivity index (χ4v) is 3.71. The van der Waals surface area contributed by atoms with E-state index in [9.17, 15) is 8.78 Å². The summed E-state index contributed by atoms with van der Waals surface area (Å²) in [5, 5.41) is 5.06. The lowest BCUT2D eigenvalue weighted by atomic mass is 10.00. The Hall–Kier alpha value is -3.98. The summed E-state index contributed by atoms with van der Waals surface area (Å²) in [6, 6.07) is 14.2. The highest BCUT2D eigenvalue weighted by Gasteiger charge is 2.24. The van der Waals surface area contributed by atoms with Crippen molar-refractivity contribution in [2.45, 2.75) is 26.2 Å². The van der Waals surface area contributed by atoms with E-state index in [1.54, 1.807) is 18.6 Å². The number of halogens is 2. The van der Waals surface area contributed by atoms with Gasteiger partial charge in [0.05, 0.1) is 29.3 Å². The van der Waals surface area contributed by atoms with Gasteiger partial charge in [-0.05, 0) is 42.3 Å². The van der Waals surface area contributed by atoms with E-state index < -0.39 is 5.92 Å². The van der Waals surface area contributed by atoms with Crippen molar-refractivity contribution in [2.75, 3.05) is 0 Å². The van der Waals surface area contributed by atoms with Gasteiger partial charge in [0.15, 0.2) is 5.58 Å². The van der Waals surface area contributed by atoms with E-state index in [4.69, 9.17) is 4.52 Å². The Morgan fingerprint density at radius 2 is 1.97 bits per heavy atom. The quantitative estimate of drug-likeness (QED) is 0.338. The van der Waals surface area contributed by atoms with E-state index in [-0.39, 0.29) is 5.56 Å². The third-order valence-corrected chi connectivity index (χ3v) is 5.47. The Morgan fingerprint density at radius 3 is 2.81 bits per heavy atom. The Bertz CT molecular complexity index is 1510. The molecule has 32 heavy (non-hydrogen) atoms. The molecule has 0 bridgehead atoms. The van der Waals surface area contributed by atoms with Gasteiger partial charge in [-0.3, -0.25) is 0 Å². The van der Waals surface area contributed by atoms with Crippen LogP contribution < -0.4 is 0 Å². The summed E-state index contributed by atoms with van der Waals surface area (Å²) in [7, 11) is 0. The van der Waals surface area contributed by atoms with Crippen LogP contribution in [0.15, 0.2) is 71.8 Å². The summed E-state index contributed by atoms with van der Waals surface area (Å²) in [5.74, 6) is 3.52. The molecule has 0 aliphatic carbocycles. The molecule has 0 spiro atoms. The van der Waals surface area contributed by atoms with Gasteiger partial charge in [0.25, 0.3) is 5.92 Å². The van der Waals surface area contributed by atoms with Gasteiger partial charge in [0, 0.05) is 36.1 Å². The van der Waals surface area contributed by atoms with Crippen molar-refractivity contribution in [2.24, 2.45) is 0 Å². The maximum absolute atomic E-state index is 13.7. The summed E-state index contributed by atoms with van der Waals surface area (Å²) < 4.78 is 35.0. The van der Waals surface area contributed by atoms with Gasteiger partial charge < -0.3 is 8.92 Å². The van der Waals surface area contributed by atoms with Gasteiger partial charge in [-0.25, -0.2) is 13.8 Å². The van der Waals surface area contributed by atoms with Gasteiger partial charge >= 0.3 is 0 Å². The predicted molar refractivity (Wildman–Crippen MR) is 119 cm³/mol. The van der Waals surface area contributed by atoms with Crippen LogP contribution in [-0.2, 0) is 12.3 Å². The van der Waals surface area contributed by atoms with Crippen molar-refractivity contribution in [3.05, 3.63) is 101 Å². The number of hydrogen-bond donors (Lipinski definition) is 0. The van der Waals surface area contributed by atoms with E-state index in [1.165, 1.54) is 12.1 Å². The van der Waals surface area contributed by atoms with Gasteiger partial charge in [0.1, 0.15) is 0 Å². The van der Waals surface area contributed by atoms with Gasteiger partial charge in [-0.15, -0.1) is 0 Å². The Kier molecular flexibility index (Phi) is 4.75. The van der Waals surface area contributed by atoms with Crippen LogP contribution in [0.3, 0.4) is 0 Å². The molecular weight excluding hydrogens is 408 g/mol. The fraction of sp³-hybridized carbons (Fsp3) is 0.154. The third-order valence-electron chi connectivity index (χ3n) is 5.47. The molecule has 0 N–H and O–H groups in total. The standard InChI is InChI=1S/C26H19F2N3O/c1-17-6-10-23-24(13-19-4-3-5-20(12-19)26(2,27)28)30-32-25(23)22(17)11-8-18-7-9-21-14-29-16-31(21)15-18/h3-7,9-10,12,14-16H,13H2,1-2H3. The first-order chi connectivity index (χ1) is 15.4. The van der Waals surface area contributed by atoms with Crippen molar-refractivity contribution < 1.29 is 13.3 Å². The van der Waals surface area contributed by atoms with Crippen LogP contribution in [0, 0.1) is 18.8 Å². The maximum atomic E-state index is 13.7. The summed E-state index contributed by atoms with van der Waals surface area (Å²) in [4.78, 5) is 4.12. The van der Waals surface area contributed by atoms with Crippen molar-refractivity contribution in [1.29, 1.82) is 0 Å². The number of alkyl halides is 2. The number of hydrogen-bond acceptors (Lipinski definition) is 3. The van der Waals surface area contributed by atoms with Crippen LogP contribution in [0.4, 0.5) is 8.78 Å². The molecule has 3 aromatic heterocycles. The molecule has 0 aliphatic heterocycles. The zero-order valence-electron chi connectivity index (χ0n) is 17.6. The second-order valence-corrected chi connectivity index (χ2v) is 7.92. The lowest BCUT2D eigenvalue weighted by Gasteiger charge is -2.11. The number of imidazole rings is 1. The molecule has 0 atom stereocenters. The molecule has 158 valence electrons. The highest BCUT2D eigenvalue weighted by Crippen LogP contribution is 2.30. The molecular formula is C26H19F2N3O. The molecule has 5 rings (SSSR count). The van der Waals surface area contributed by atoms with Crippen LogP contribution in [-0.4, -0.2) is 14.5 Å². The number of pyridine rings is 1. The molecule has 0 unspecified atom stereocenters. The molecule has 0 saturated heterocycles. The molecule has 3 heterocycles. The second kappa shape index (κ2) is 7.61. The van der Waals surface area contributed by atoms with Gasteiger partial charge in [-0.2, -0.15) is 0 Å². The predicted octanol–water partition coefficient (Wildman–Crippen LogP) is 5.89. The van der Waals surface area contributed by atoms with Gasteiger partial charge in [0.2, 0.25) is 0 Å². The minimum Gasteiger partial charge on any atom is -0.355 e. The molecule has 6 heteroatoms. The van der Waals surface area contributed by atoms with Crippen LogP contribution >= 0.6 is 0 Å². The van der Waals surface area contributed by atoms with Crippen molar-refractivity contribution >= 4 is 16.5 Å². The zero-order chi connectivity index (χ0) is 22.3. The van der Waals surface area contributed by atoms with Crippen molar-refractivity contribution in [1.82, 2.24) is 14.5 Å². The largest absolute Gasteiger partial charge is 0.355 e. The number of benzene rings is 2. The highest BCUT2D eigenvalue weighted by atomic mass is 19.3. The molecule has 4 nitrogen and oxygen atoms in total.